The van der Waals surface area contributed by atoms with E-state index in [2.05, 4.69) is 5.32 Å². The molecule has 1 amide bonds. The number of carbonyl (C=O) groups is 1. The molecule has 1 aliphatic heterocycles. The second-order valence-corrected chi connectivity index (χ2v) is 9.21. The summed E-state index contributed by atoms with van der Waals surface area (Å²) in [5.41, 5.74) is -0.141. The Morgan fingerprint density at radius 2 is 1.63 bits per heavy atom. The molecular formula is C18H25N3O5S. The van der Waals surface area contributed by atoms with Crippen LogP contribution in [-0.4, -0.2) is 42.7 Å². The number of carbonyl (C=O) groups excluding carboxylic acids is 1. The standard InChI is InChI=1S/C18H25N3O5S/c22-18(14-4-2-1-3-5-14)19-15-10-12-20(13-11-15)27(25,26)17-8-6-16(7-9-17)21(23)24/h6-9,14-15H,1-5,10-13H2,(H,19,22). The molecule has 0 spiro atoms. The van der Waals surface area contributed by atoms with Crippen molar-refractivity contribution in [2.75, 3.05) is 13.1 Å². The summed E-state index contributed by atoms with van der Waals surface area (Å²) in [6.07, 6.45) is 6.43. The van der Waals surface area contributed by atoms with Crippen molar-refractivity contribution in [1.82, 2.24) is 9.62 Å². The Bertz CT molecular complexity index is 780. The number of nitro benzene ring substituents is 1. The lowest BCUT2D eigenvalue weighted by Gasteiger charge is -2.32. The van der Waals surface area contributed by atoms with Crippen LogP contribution in [-0.2, 0) is 14.8 Å². The van der Waals surface area contributed by atoms with E-state index in [1.54, 1.807) is 0 Å². The molecule has 3 rings (SSSR count). The van der Waals surface area contributed by atoms with Gasteiger partial charge in [0.15, 0.2) is 0 Å². The van der Waals surface area contributed by atoms with Crippen LogP contribution in [0.3, 0.4) is 0 Å². The average Bonchev–Trinajstić information content (AvgIpc) is 2.69. The molecule has 2 aliphatic rings. The first-order chi connectivity index (χ1) is 12.9. The fourth-order valence-corrected chi connectivity index (χ4v) is 5.28. The lowest BCUT2D eigenvalue weighted by Crippen LogP contribution is -2.48. The number of rotatable bonds is 5. The minimum absolute atomic E-state index is 0.00253. The molecule has 1 heterocycles. The molecule has 8 nitrogen and oxygen atoms in total. The maximum Gasteiger partial charge on any atom is 0.269 e. The van der Waals surface area contributed by atoms with Crippen LogP contribution < -0.4 is 5.32 Å². The summed E-state index contributed by atoms with van der Waals surface area (Å²) < 4.78 is 26.8. The van der Waals surface area contributed by atoms with Crippen LogP contribution in [0.5, 0.6) is 0 Å². The topological polar surface area (TPSA) is 110 Å². The Hall–Kier alpha value is -2.00. The highest BCUT2D eigenvalue weighted by molar-refractivity contribution is 7.89. The molecule has 1 N–H and O–H groups in total. The van der Waals surface area contributed by atoms with Crippen LogP contribution in [0, 0.1) is 16.0 Å². The van der Waals surface area contributed by atoms with Crippen molar-refractivity contribution in [2.24, 2.45) is 5.92 Å². The van der Waals surface area contributed by atoms with Gasteiger partial charge in [0.2, 0.25) is 15.9 Å². The number of hydrogen-bond acceptors (Lipinski definition) is 5. The zero-order valence-electron chi connectivity index (χ0n) is 15.2. The number of amides is 1. The summed E-state index contributed by atoms with van der Waals surface area (Å²) >= 11 is 0. The first-order valence-corrected chi connectivity index (χ1v) is 10.9. The highest BCUT2D eigenvalue weighted by Crippen LogP contribution is 2.25. The third kappa shape index (κ3) is 4.65. The molecule has 1 aliphatic carbocycles. The van der Waals surface area contributed by atoms with Gasteiger partial charge in [0.05, 0.1) is 9.82 Å². The van der Waals surface area contributed by atoms with Gasteiger partial charge in [-0.15, -0.1) is 0 Å². The van der Waals surface area contributed by atoms with Crippen molar-refractivity contribution >= 4 is 21.6 Å². The number of nitrogens with one attached hydrogen (secondary N) is 1. The third-order valence-electron chi connectivity index (χ3n) is 5.46. The van der Waals surface area contributed by atoms with E-state index >= 15 is 0 Å². The van der Waals surface area contributed by atoms with Crippen LogP contribution in [0.2, 0.25) is 0 Å². The van der Waals surface area contributed by atoms with Gasteiger partial charge in [-0.1, -0.05) is 19.3 Å². The number of non-ortho nitro benzene ring substituents is 1. The molecule has 2 fully saturated rings. The van der Waals surface area contributed by atoms with Crippen molar-refractivity contribution in [3.05, 3.63) is 34.4 Å². The van der Waals surface area contributed by atoms with Crippen molar-refractivity contribution in [3.8, 4) is 0 Å². The van der Waals surface area contributed by atoms with Crippen molar-refractivity contribution in [3.63, 3.8) is 0 Å². The summed E-state index contributed by atoms with van der Waals surface area (Å²) in [5.74, 6) is 0.201. The Balaban J connectivity index is 1.56. The minimum Gasteiger partial charge on any atom is -0.353 e. The smallest absolute Gasteiger partial charge is 0.269 e. The van der Waals surface area contributed by atoms with E-state index in [-0.39, 0.29) is 28.4 Å². The normalized spacial score (nSPS) is 20.3. The number of benzene rings is 1. The first-order valence-electron chi connectivity index (χ1n) is 9.43. The summed E-state index contributed by atoms with van der Waals surface area (Å²) in [4.78, 5) is 22.6. The van der Waals surface area contributed by atoms with Gasteiger partial charge in [0.1, 0.15) is 0 Å². The summed E-state index contributed by atoms with van der Waals surface area (Å²) in [7, 11) is -3.68. The molecule has 9 heteroatoms. The number of nitrogens with zero attached hydrogens (tertiary/aromatic N) is 2. The van der Waals surface area contributed by atoms with Gasteiger partial charge in [-0.25, -0.2) is 8.42 Å². The van der Waals surface area contributed by atoms with E-state index in [0.29, 0.717) is 25.9 Å². The Labute approximate surface area is 159 Å². The molecule has 27 heavy (non-hydrogen) atoms. The average molecular weight is 395 g/mol. The second kappa shape index (κ2) is 8.35. The van der Waals surface area contributed by atoms with Crippen LogP contribution >= 0.6 is 0 Å². The van der Waals surface area contributed by atoms with Gasteiger partial charge in [-0.3, -0.25) is 14.9 Å². The lowest BCUT2D eigenvalue weighted by atomic mass is 9.88. The zero-order chi connectivity index (χ0) is 19.4. The fraction of sp³-hybridized carbons (Fsp3) is 0.611. The van der Waals surface area contributed by atoms with E-state index in [0.717, 1.165) is 25.7 Å². The molecule has 0 aromatic heterocycles. The second-order valence-electron chi connectivity index (χ2n) is 7.27. The molecular weight excluding hydrogens is 370 g/mol. The summed E-state index contributed by atoms with van der Waals surface area (Å²) in [5, 5.41) is 13.8. The molecule has 1 aromatic rings. The largest absolute Gasteiger partial charge is 0.353 e. The van der Waals surface area contributed by atoms with Gasteiger partial charge in [-0.2, -0.15) is 4.31 Å². The number of sulfonamides is 1. The molecule has 0 bridgehead atoms. The number of hydrogen-bond donors (Lipinski definition) is 1. The quantitative estimate of drug-likeness (QED) is 0.608. The van der Waals surface area contributed by atoms with Crippen LogP contribution in [0.15, 0.2) is 29.2 Å². The highest BCUT2D eigenvalue weighted by atomic mass is 32.2. The lowest BCUT2D eigenvalue weighted by molar-refractivity contribution is -0.384. The molecule has 0 atom stereocenters. The van der Waals surface area contributed by atoms with Crippen molar-refractivity contribution in [2.45, 2.75) is 55.9 Å². The van der Waals surface area contributed by atoms with E-state index in [1.807, 2.05) is 0 Å². The third-order valence-corrected chi connectivity index (χ3v) is 7.37. The molecule has 0 radical (unpaired) electrons. The fourth-order valence-electron chi connectivity index (χ4n) is 3.81. The predicted octanol–water partition coefficient (Wildman–Crippen LogP) is 2.44. The van der Waals surface area contributed by atoms with Gasteiger partial charge in [-0.05, 0) is 37.8 Å². The Morgan fingerprint density at radius 3 is 2.19 bits per heavy atom. The van der Waals surface area contributed by atoms with Crippen LogP contribution in [0.1, 0.15) is 44.9 Å². The molecule has 0 unspecified atom stereocenters. The molecule has 1 aromatic carbocycles. The van der Waals surface area contributed by atoms with Crippen molar-refractivity contribution < 1.29 is 18.1 Å². The van der Waals surface area contributed by atoms with Crippen LogP contribution in [0.4, 0.5) is 5.69 Å². The molecule has 1 saturated carbocycles. The van der Waals surface area contributed by atoms with Gasteiger partial charge < -0.3 is 5.32 Å². The molecule has 1 saturated heterocycles. The van der Waals surface area contributed by atoms with Crippen molar-refractivity contribution in [1.29, 1.82) is 0 Å². The number of nitro groups is 1. The summed E-state index contributed by atoms with van der Waals surface area (Å²) in [6.45, 7) is 0.657. The number of piperidine rings is 1. The van der Waals surface area contributed by atoms with Gasteiger partial charge >= 0.3 is 0 Å². The molecule has 148 valence electrons. The van der Waals surface area contributed by atoms with E-state index in [9.17, 15) is 23.3 Å². The summed E-state index contributed by atoms with van der Waals surface area (Å²) in [6, 6.07) is 4.94. The van der Waals surface area contributed by atoms with E-state index in [1.165, 1.54) is 35.0 Å². The highest BCUT2D eigenvalue weighted by Gasteiger charge is 2.31. The maximum atomic E-state index is 12.7. The Kier molecular flexibility index (Phi) is 6.11. The van der Waals surface area contributed by atoms with E-state index in [4.69, 9.17) is 0 Å². The van der Waals surface area contributed by atoms with Gasteiger partial charge in [0, 0.05) is 37.2 Å². The SMILES string of the molecule is O=C(NC1CCN(S(=O)(=O)c2ccc([N+](=O)[O-])cc2)CC1)C1CCCCC1. The predicted molar refractivity (Wildman–Crippen MR) is 99.6 cm³/mol. The monoisotopic (exact) mass is 395 g/mol. The van der Waals surface area contributed by atoms with E-state index < -0.39 is 14.9 Å². The minimum atomic E-state index is -3.68. The van der Waals surface area contributed by atoms with Gasteiger partial charge in [0.25, 0.3) is 5.69 Å². The Morgan fingerprint density at radius 1 is 1.04 bits per heavy atom. The maximum absolute atomic E-state index is 12.7. The first kappa shape index (κ1) is 19.8. The zero-order valence-corrected chi connectivity index (χ0v) is 16.0. The van der Waals surface area contributed by atoms with Crippen LogP contribution in [0.25, 0.3) is 0 Å².